The van der Waals surface area contributed by atoms with Crippen LogP contribution in [-0.2, 0) is 4.74 Å². The van der Waals surface area contributed by atoms with E-state index < -0.39 is 0 Å². The lowest BCUT2D eigenvalue weighted by Gasteiger charge is -2.34. The number of anilines is 3. The summed E-state index contributed by atoms with van der Waals surface area (Å²) >= 11 is 2.20. The fourth-order valence-electron chi connectivity index (χ4n) is 4.32. The highest BCUT2D eigenvalue weighted by Gasteiger charge is 2.22. The first-order valence-corrected chi connectivity index (χ1v) is 12.4. The van der Waals surface area contributed by atoms with Crippen molar-refractivity contribution >= 4 is 56.7 Å². The van der Waals surface area contributed by atoms with Crippen molar-refractivity contribution in [1.29, 1.82) is 0 Å². The third-order valence-electron chi connectivity index (χ3n) is 6.31. The first kappa shape index (κ1) is 22.4. The van der Waals surface area contributed by atoms with Gasteiger partial charge in [-0.25, -0.2) is 4.98 Å². The summed E-state index contributed by atoms with van der Waals surface area (Å²) in [6.07, 6.45) is 3.60. The van der Waals surface area contributed by atoms with E-state index in [9.17, 15) is 4.79 Å². The fraction of sp³-hybridized carbons (Fsp3) is 0.435. The Labute approximate surface area is 206 Å². The highest BCUT2D eigenvalue weighted by atomic mass is 127. The van der Waals surface area contributed by atoms with Crippen molar-refractivity contribution in [3.63, 3.8) is 0 Å². The van der Waals surface area contributed by atoms with Crippen LogP contribution in [0.25, 0.3) is 11.0 Å². The molecule has 5 rings (SSSR count). The van der Waals surface area contributed by atoms with Crippen molar-refractivity contribution in [2.24, 2.45) is 0 Å². The van der Waals surface area contributed by atoms with Gasteiger partial charge < -0.3 is 25.2 Å². The number of pyridine rings is 1. The molecule has 1 aromatic carbocycles. The maximum atomic E-state index is 13.4. The number of hydrogen-bond donors (Lipinski definition) is 3. The van der Waals surface area contributed by atoms with Gasteiger partial charge in [0.2, 0.25) is 0 Å². The molecule has 4 heterocycles. The fourth-order valence-corrected chi connectivity index (χ4v) is 4.77. The number of amides is 1. The number of benzene rings is 1. The number of rotatable bonds is 5. The van der Waals surface area contributed by atoms with Crippen LogP contribution in [-0.4, -0.2) is 78.5 Å². The first-order valence-electron chi connectivity index (χ1n) is 11.3. The molecule has 0 unspecified atom stereocenters. The van der Waals surface area contributed by atoms with Crippen LogP contribution < -0.4 is 15.5 Å². The Hall–Kier alpha value is -2.44. The van der Waals surface area contributed by atoms with Crippen molar-refractivity contribution in [3.05, 3.63) is 39.6 Å². The zero-order valence-electron chi connectivity index (χ0n) is 18.6. The normalized spacial score (nSPS) is 17.9. The first-order chi connectivity index (χ1) is 16.1. The molecule has 2 fully saturated rings. The minimum Gasteiger partial charge on any atom is -0.381 e. The van der Waals surface area contributed by atoms with Crippen LogP contribution in [0.5, 0.6) is 0 Å². The number of nitrogens with zero attached hydrogens (tertiary/aromatic N) is 4. The van der Waals surface area contributed by atoms with Crippen molar-refractivity contribution in [3.8, 4) is 0 Å². The Morgan fingerprint density at radius 3 is 2.76 bits per heavy atom. The van der Waals surface area contributed by atoms with E-state index in [-0.39, 0.29) is 11.9 Å². The van der Waals surface area contributed by atoms with Crippen LogP contribution in [0.1, 0.15) is 23.2 Å². The molecule has 2 saturated heterocycles. The lowest BCUT2D eigenvalue weighted by atomic mass is 10.1. The van der Waals surface area contributed by atoms with E-state index in [1.54, 1.807) is 6.20 Å². The van der Waals surface area contributed by atoms with Gasteiger partial charge in [0, 0.05) is 66.6 Å². The number of carbonyl (C=O) groups excluding carboxylic acids is 1. The smallest absolute Gasteiger partial charge is 0.258 e. The Morgan fingerprint density at radius 1 is 1.18 bits per heavy atom. The van der Waals surface area contributed by atoms with E-state index >= 15 is 0 Å². The molecule has 0 radical (unpaired) electrons. The van der Waals surface area contributed by atoms with Crippen molar-refractivity contribution in [1.82, 2.24) is 20.1 Å². The Morgan fingerprint density at radius 2 is 1.97 bits per heavy atom. The quantitative estimate of drug-likeness (QED) is 0.412. The Kier molecular flexibility index (Phi) is 6.65. The van der Waals surface area contributed by atoms with Gasteiger partial charge in [-0.3, -0.25) is 9.89 Å². The second-order valence-corrected chi connectivity index (χ2v) is 9.87. The monoisotopic (exact) mass is 561 g/mol. The van der Waals surface area contributed by atoms with Crippen molar-refractivity contribution < 1.29 is 9.53 Å². The number of nitrogens with one attached hydrogen (secondary N) is 3. The third kappa shape index (κ3) is 5.07. The van der Waals surface area contributed by atoms with Crippen LogP contribution in [0, 0.1) is 3.57 Å². The number of carbonyl (C=O) groups is 1. The molecule has 174 valence electrons. The molecule has 10 heteroatoms. The summed E-state index contributed by atoms with van der Waals surface area (Å²) in [5.74, 6) is 0.375. The van der Waals surface area contributed by atoms with E-state index in [0.717, 1.165) is 72.6 Å². The Bertz CT molecular complexity index is 1140. The van der Waals surface area contributed by atoms with Gasteiger partial charge in [0.1, 0.15) is 5.82 Å². The molecule has 9 nitrogen and oxygen atoms in total. The molecule has 2 aliphatic rings. The van der Waals surface area contributed by atoms with Crippen molar-refractivity contribution in [2.75, 3.05) is 62.0 Å². The topological polar surface area (TPSA) is 98.4 Å². The van der Waals surface area contributed by atoms with E-state index in [2.05, 4.69) is 71.3 Å². The number of fused-ring (bicyclic) bond motifs is 1. The van der Waals surface area contributed by atoms with E-state index in [4.69, 9.17) is 4.74 Å². The standard InChI is InChI=1S/C23H28IN7O2/c1-30-6-8-31(9-7-30)17-2-3-18(20(13-17)26-16-4-10-33-11-5-16)23(32)27-22-19-12-15(24)14-25-21(19)28-29-22/h2-3,12-14,16,26H,4-11H2,1H3,(H2,25,27,28,29,32). The van der Waals surface area contributed by atoms with E-state index in [1.807, 2.05) is 18.2 Å². The van der Waals surface area contributed by atoms with Gasteiger partial charge in [-0.2, -0.15) is 5.10 Å². The summed E-state index contributed by atoms with van der Waals surface area (Å²) in [5, 5.41) is 14.5. The predicted octanol–water partition coefficient (Wildman–Crippen LogP) is 3.16. The molecule has 3 aromatic rings. The lowest BCUT2D eigenvalue weighted by Crippen LogP contribution is -2.44. The number of aromatic amines is 1. The van der Waals surface area contributed by atoms with Crippen molar-refractivity contribution in [2.45, 2.75) is 18.9 Å². The lowest BCUT2D eigenvalue weighted by molar-refractivity contribution is 0.0904. The van der Waals surface area contributed by atoms with Crippen LogP contribution in [0.15, 0.2) is 30.5 Å². The van der Waals surface area contributed by atoms with Gasteiger partial charge in [-0.15, -0.1) is 0 Å². The SMILES string of the molecule is CN1CCN(c2ccc(C(=O)Nc3[nH]nc4ncc(I)cc34)c(NC3CCOCC3)c2)CC1. The van der Waals surface area contributed by atoms with Gasteiger partial charge in [0.05, 0.1) is 10.9 Å². The average molecular weight is 561 g/mol. The molecular formula is C23H28IN7O2. The second kappa shape index (κ2) is 9.82. The summed E-state index contributed by atoms with van der Waals surface area (Å²) in [6.45, 7) is 5.50. The summed E-state index contributed by atoms with van der Waals surface area (Å²) in [6, 6.07) is 8.33. The molecule has 0 bridgehead atoms. The van der Waals surface area contributed by atoms with Gasteiger partial charge in [-0.05, 0) is 66.7 Å². The predicted molar refractivity (Wildman–Crippen MR) is 138 cm³/mol. The summed E-state index contributed by atoms with van der Waals surface area (Å²) in [5.41, 5.74) is 3.18. The van der Waals surface area contributed by atoms with E-state index in [0.29, 0.717) is 17.0 Å². The van der Waals surface area contributed by atoms with Gasteiger partial charge >= 0.3 is 0 Å². The molecule has 0 atom stereocenters. The van der Waals surface area contributed by atoms with Crippen LogP contribution >= 0.6 is 22.6 Å². The number of piperazine rings is 1. The summed E-state index contributed by atoms with van der Waals surface area (Å²) in [4.78, 5) is 22.4. The largest absolute Gasteiger partial charge is 0.381 e. The summed E-state index contributed by atoms with van der Waals surface area (Å²) in [7, 11) is 2.15. The molecule has 0 aliphatic carbocycles. The maximum absolute atomic E-state index is 13.4. The highest BCUT2D eigenvalue weighted by Crippen LogP contribution is 2.28. The maximum Gasteiger partial charge on any atom is 0.258 e. The molecule has 2 aliphatic heterocycles. The molecule has 1 amide bonds. The number of aromatic nitrogens is 3. The summed E-state index contributed by atoms with van der Waals surface area (Å²) < 4.78 is 6.50. The van der Waals surface area contributed by atoms with Crippen LogP contribution in [0.2, 0.25) is 0 Å². The number of hydrogen-bond acceptors (Lipinski definition) is 7. The Balaban J connectivity index is 1.42. The number of ether oxygens (including phenoxy) is 1. The molecular weight excluding hydrogens is 533 g/mol. The minimum absolute atomic E-state index is 0.182. The van der Waals surface area contributed by atoms with Gasteiger partial charge in [0.15, 0.2) is 5.65 Å². The van der Waals surface area contributed by atoms with Crippen LogP contribution in [0.3, 0.4) is 0 Å². The minimum atomic E-state index is -0.182. The van der Waals surface area contributed by atoms with Gasteiger partial charge in [0.25, 0.3) is 5.91 Å². The molecule has 2 aromatic heterocycles. The molecule has 33 heavy (non-hydrogen) atoms. The van der Waals surface area contributed by atoms with Crippen LogP contribution in [0.4, 0.5) is 17.2 Å². The zero-order valence-corrected chi connectivity index (χ0v) is 20.8. The second-order valence-electron chi connectivity index (χ2n) is 8.63. The third-order valence-corrected chi connectivity index (χ3v) is 6.90. The molecule has 0 spiro atoms. The van der Waals surface area contributed by atoms with Gasteiger partial charge in [-0.1, -0.05) is 0 Å². The highest BCUT2D eigenvalue weighted by molar-refractivity contribution is 14.1. The average Bonchev–Trinajstić information content (AvgIpc) is 3.22. The van der Waals surface area contributed by atoms with E-state index in [1.165, 1.54) is 0 Å². The number of halogens is 1. The molecule has 3 N–H and O–H groups in total. The zero-order chi connectivity index (χ0) is 22.8. The molecule has 0 saturated carbocycles. The number of H-pyrrole nitrogens is 1. The number of likely N-dealkylation sites (N-methyl/N-ethyl adjacent to an activating group) is 1.